The smallest absolute Gasteiger partial charge is 0.387 e. The highest BCUT2D eigenvalue weighted by molar-refractivity contribution is 8.01. The van der Waals surface area contributed by atoms with Gasteiger partial charge in [0.05, 0.1) is 31.4 Å². The van der Waals surface area contributed by atoms with Crippen LogP contribution < -0.4 is 25.0 Å². The fraction of sp³-hybridized carbons (Fsp3) is 0.250. The van der Waals surface area contributed by atoms with Crippen molar-refractivity contribution in [2.75, 3.05) is 19.5 Å². The zero-order valence-electron chi connectivity index (χ0n) is 16.6. The van der Waals surface area contributed by atoms with E-state index in [-0.39, 0.29) is 29.6 Å². The first-order valence-electron chi connectivity index (χ1n) is 9.00. The summed E-state index contributed by atoms with van der Waals surface area (Å²) in [7, 11) is 2.58. The third-order valence-corrected chi connectivity index (χ3v) is 5.45. The Bertz CT molecular complexity index is 978. The van der Waals surface area contributed by atoms with Crippen LogP contribution in [0.25, 0.3) is 0 Å². The number of halogens is 2. The van der Waals surface area contributed by atoms with Crippen molar-refractivity contribution in [2.24, 2.45) is 5.10 Å². The fourth-order valence-corrected chi connectivity index (χ4v) is 3.91. The van der Waals surface area contributed by atoms with Gasteiger partial charge in [-0.1, -0.05) is 12.1 Å². The Morgan fingerprint density at radius 2 is 1.94 bits per heavy atom. The van der Waals surface area contributed by atoms with Crippen molar-refractivity contribution in [1.82, 2.24) is 5.43 Å². The van der Waals surface area contributed by atoms with Gasteiger partial charge in [0, 0.05) is 16.9 Å². The van der Waals surface area contributed by atoms with Gasteiger partial charge in [-0.15, -0.1) is 11.8 Å². The number of hydrogen-bond donors (Lipinski definition) is 2. The van der Waals surface area contributed by atoms with Crippen LogP contribution in [0.3, 0.4) is 0 Å². The average Bonchev–Trinajstić information content (AvgIpc) is 2.74. The van der Waals surface area contributed by atoms with Crippen LogP contribution in [0.15, 0.2) is 46.4 Å². The molecule has 11 heteroatoms. The molecule has 2 aromatic rings. The Morgan fingerprint density at radius 1 is 1.26 bits per heavy atom. The molecule has 1 atom stereocenters. The molecule has 1 heterocycles. The van der Waals surface area contributed by atoms with Crippen molar-refractivity contribution < 1.29 is 32.6 Å². The monoisotopic (exact) mass is 451 g/mol. The number of carbonyl (C=O) groups is 2. The largest absolute Gasteiger partial charge is 0.493 e. The number of nitrogens with zero attached hydrogens (tertiary/aromatic N) is 1. The quantitative estimate of drug-likeness (QED) is 0.472. The number of alkyl halides is 2. The number of amides is 2. The second-order valence-electron chi connectivity index (χ2n) is 6.22. The normalized spacial score (nSPS) is 15.4. The average molecular weight is 451 g/mol. The lowest BCUT2D eigenvalue weighted by molar-refractivity contribution is -0.124. The van der Waals surface area contributed by atoms with Gasteiger partial charge in [0.15, 0.2) is 11.5 Å². The molecular weight excluding hydrogens is 432 g/mol. The maximum atomic E-state index is 12.6. The van der Waals surface area contributed by atoms with Crippen LogP contribution in [-0.2, 0) is 9.59 Å². The minimum Gasteiger partial charge on any atom is -0.493 e. The number of para-hydroxylation sites is 1. The fourth-order valence-electron chi connectivity index (χ4n) is 2.80. The van der Waals surface area contributed by atoms with Crippen molar-refractivity contribution in [3.63, 3.8) is 0 Å². The zero-order chi connectivity index (χ0) is 22.4. The summed E-state index contributed by atoms with van der Waals surface area (Å²) in [5.41, 5.74) is 3.48. The molecule has 0 saturated heterocycles. The summed E-state index contributed by atoms with van der Waals surface area (Å²) in [6.07, 6.45) is 1.22. The molecule has 0 saturated carbocycles. The van der Waals surface area contributed by atoms with Crippen molar-refractivity contribution in [3.8, 4) is 17.2 Å². The lowest BCUT2D eigenvalue weighted by atomic mass is 10.2. The molecule has 2 amide bonds. The summed E-state index contributed by atoms with van der Waals surface area (Å²) in [5, 5.41) is 6.04. The topological polar surface area (TPSA) is 98.2 Å². The summed E-state index contributed by atoms with van der Waals surface area (Å²) >= 11 is 1.31. The highest BCUT2D eigenvalue weighted by Gasteiger charge is 2.28. The molecule has 0 aromatic heterocycles. The van der Waals surface area contributed by atoms with Crippen molar-refractivity contribution >= 4 is 35.5 Å². The summed E-state index contributed by atoms with van der Waals surface area (Å²) in [5.74, 6) is -0.934. The molecule has 0 spiro atoms. The molecule has 31 heavy (non-hydrogen) atoms. The summed E-state index contributed by atoms with van der Waals surface area (Å²) in [6.45, 7) is -3.05. The molecule has 1 aliphatic heterocycles. The molecule has 1 aliphatic rings. The maximum Gasteiger partial charge on any atom is 0.387 e. The number of carbonyl (C=O) groups excluding carboxylic acids is 2. The maximum absolute atomic E-state index is 12.6. The number of hydrogen-bond acceptors (Lipinski definition) is 7. The number of ether oxygens (including phenoxy) is 3. The first kappa shape index (κ1) is 22.3. The van der Waals surface area contributed by atoms with E-state index in [1.807, 2.05) is 18.2 Å². The predicted octanol–water partition coefficient (Wildman–Crippen LogP) is 3.26. The Hall–Kier alpha value is -3.34. The second kappa shape index (κ2) is 10.1. The predicted molar refractivity (Wildman–Crippen MR) is 111 cm³/mol. The van der Waals surface area contributed by atoms with E-state index in [1.165, 1.54) is 44.3 Å². The van der Waals surface area contributed by atoms with E-state index in [4.69, 9.17) is 9.47 Å². The van der Waals surface area contributed by atoms with Gasteiger partial charge >= 0.3 is 6.61 Å². The Balaban J connectivity index is 1.64. The standard InChI is InChI=1S/C20H19F2N3O5S/c1-28-13-7-11(8-14(29-2)18(13)30-20(21)22)10-23-25-17(26)9-16-19(27)24-12-5-3-4-6-15(12)31-16/h3-8,10,16,20H,9H2,1-2H3,(H,24,27)(H,25,26)/b23-10+. The van der Waals surface area contributed by atoms with Gasteiger partial charge in [0.25, 0.3) is 0 Å². The van der Waals surface area contributed by atoms with Crippen LogP contribution in [0.1, 0.15) is 12.0 Å². The summed E-state index contributed by atoms with van der Waals surface area (Å²) in [6, 6.07) is 10.1. The molecule has 3 rings (SSSR count). The lowest BCUT2D eigenvalue weighted by Crippen LogP contribution is -2.33. The Morgan fingerprint density at radius 3 is 2.58 bits per heavy atom. The zero-order valence-corrected chi connectivity index (χ0v) is 17.4. The van der Waals surface area contributed by atoms with Gasteiger partial charge in [-0.3, -0.25) is 9.59 Å². The molecular formula is C20H19F2N3O5S. The van der Waals surface area contributed by atoms with Crippen LogP contribution in [0.4, 0.5) is 14.5 Å². The molecule has 164 valence electrons. The van der Waals surface area contributed by atoms with E-state index in [2.05, 4.69) is 20.6 Å². The van der Waals surface area contributed by atoms with E-state index < -0.39 is 17.8 Å². The lowest BCUT2D eigenvalue weighted by Gasteiger charge is -2.23. The van der Waals surface area contributed by atoms with Gasteiger partial charge in [-0.05, 0) is 24.3 Å². The van der Waals surface area contributed by atoms with Gasteiger partial charge in [-0.2, -0.15) is 13.9 Å². The Labute approximate surface area is 180 Å². The molecule has 0 bridgehead atoms. The van der Waals surface area contributed by atoms with E-state index in [9.17, 15) is 18.4 Å². The first-order valence-corrected chi connectivity index (χ1v) is 9.88. The number of nitrogens with one attached hydrogen (secondary N) is 2. The Kier molecular flexibility index (Phi) is 7.29. The molecule has 2 N–H and O–H groups in total. The van der Waals surface area contributed by atoms with Crippen LogP contribution in [0.2, 0.25) is 0 Å². The molecule has 0 radical (unpaired) electrons. The van der Waals surface area contributed by atoms with E-state index >= 15 is 0 Å². The summed E-state index contributed by atoms with van der Waals surface area (Å²) < 4.78 is 39.8. The third kappa shape index (κ3) is 5.63. The van der Waals surface area contributed by atoms with Crippen molar-refractivity contribution in [3.05, 3.63) is 42.0 Å². The molecule has 8 nitrogen and oxygen atoms in total. The number of rotatable bonds is 8. The van der Waals surface area contributed by atoms with Crippen LogP contribution in [0, 0.1) is 0 Å². The van der Waals surface area contributed by atoms with Gasteiger partial charge in [0.2, 0.25) is 17.6 Å². The number of thioether (sulfide) groups is 1. The molecule has 1 unspecified atom stereocenters. The third-order valence-electron chi connectivity index (χ3n) is 4.17. The van der Waals surface area contributed by atoms with Crippen LogP contribution in [-0.4, -0.2) is 44.1 Å². The summed E-state index contributed by atoms with van der Waals surface area (Å²) in [4.78, 5) is 25.3. The highest BCUT2D eigenvalue weighted by atomic mass is 32.2. The first-order chi connectivity index (χ1) is 14.9. The van der Waals surface area contributed by atoms with Gasteiger partial charge in [-0.25, -0.2) is 5.43 Å². The van der Waals surface area contributed by atoms with Crippen LogP contribution >= 0.6 is 11.8 Å². The number of hydrazone groups is 1. The minimum atomic E-state index is -3.05. The minimum absolute atomic E-state index is 0.0152. The highest BCUT2D eigenvalue weighted by Crippen LogP contribution is 2.39. The van der Waals surface area contributed by atoms with E-state index in [1.54, 1.807) is 6.07 Å². The number of methoxy groups -OCH3 is 2. The number of anilines is 1. The van der Waals surface area contributed by atoms with Gasteiger partial charge < -0.3 is 19.5 Å². The van der Waals surface area contributed by atoms with Crippen molar-refractivity contribution in [2.45, 2.75) is 23.2 Å². The molecule has 0 fully saturated rings. The second-order valence-corrected chi connectivity index (χ2v) is 7.47. The molecule has 0 aliphatic carbocycles. The van der Waals surface area contributed by atoms with E-state index in [0.717, 1.165) is 4.90 Å². The van der Waals surface area contributed by atoms with E-state index in [0.29, 0.717) is 11.3 Å². The number of fused-ring (bicyclic) bond motifs is 1. The number of benzene rings is 2. The van der Waals surface area contributed by atoms with Crippen LogP contribution in [0.5, 0.6) is 17.2 Å². The van der Waals surface area contributed by atoms with Crippen molar-refractivity contribution in [1.29, 1.82) is 0 Å². The van der Waals surface area contributed by atoms with Gasteiger partial charge in [0.1, 0.15) is 0 Å². The molecule has 2 aromatic carbocycles. The SMILES string of the molecule is COc1cc(/C=N/NC(=O)CC2Sc3ccccc3NC2=O)cc(OC)c1OC(F)F.